The van der Waals surface area contributed by atoms with Gasteiger partial charge >= 0.3 is 5.97 Å². The quantitative estimate of drug-likeness (QED) is 0.907. The van der Waals surface area contributed by atoms with E-state index in [1.807, 2.05) is 12.3 Å². The molecular weight excluding hydrogens is 280 g/mol. The van der Waals surface area contributed by atoms with Crippen LogP contribution in [0.25, 0.3) is 0 Å². The highest BCUT2D eigenvalue weighted by Gasteiger charge is 2.36. The van der Waals surface area contributed by atoms with E-state index in [1.165, 1.54) is 11.3 Å². The minimum atomic E-state index is -0.708. The molecule has 2 rings (SSSR count). The van der Waals surface area contributed by atoms with E-state index in [1.54, 1.807) is 0 Å². The van der Waals surface area contributed by atoms with Crippen molar-refractivity contribution in [1.82, 2.24) is 4.98 Å². The van der Waals surface area contributed by atoms with Gasteiger partial charge in [0, 0.05) is 18.0 Å². The van der Waals surface area contributed by atoms with Crippen molar-refractivity contribution in [3.8, 4) is 0 Å². The molecule has 1 aromatic heterocycles. The van der Waals surface area contributed by atoms with Crippen LogP contribution in [0.5, 0.6) is 0 Å². The van der Waals surface area contributed by atoms with Gasteiger partial charge in [0.05, 0.1) is 5.92 Å². The molecule has 2 atom stereocenters. The summed E-state index contributed by atoms with van der Waals surface area (Å²) in [4.78, 5) is 17.3. The summed E-state index contributed by atoms with van der Waals surface area (Å²) >= 11 is 4.84. The average molecular weight is 291 g/mol. The van der Waals surface area contributed by atoms with Gasteiger partial charge in [0.15, 0.2) is 5.13 Å². The molecule has 1 saturated heterocycles. The fourth-order valence-electron chi connectivity index (χ4n) is 1.92. The maximum absolute atomic E-state index is 10.9. The zero-order valence-electron chi connectivity index (χ0n) is 8.18. The standard InChI is InChI=1S/C9H11BrN2O2S/c1-5-6(8(13)14)2-3-12(5)9-11-7(10)4-15-9/h4-6H,2-3H2,1H3,(H,13,14). The van der Waals surface area contributed by atoms with Crippen LogP contribution in [0.2, 0.25) is 0 Å². The number of nitrogens with zero attached hydrogens (tertiary/aromatic N) is 2. The Balaban J connectivity index is 2.16. The van der Waals surface area contributed by atoms with Crippen molar-refractivity contribution in [3.05, 3.63) is 9.98 Å². The fraction of sp³-hybridized carbons (Fsp3) is 0.556. The monoisotopic (exact) mass is 290 g/mol. The Kier molecular flexibility index (Phi) is 2.97. The van der Waals surface area contributed by atoms with Gasteiger partial charge in [-0.25, -0.2) is 4.98 Å². The van der Waals surface area contributed by atoms with Crippen molar-refractivity contribution in [2.75, 3.05) is 11.4 Å². The Labute approximate surface area is 100 Å². The third kappa shape index (κ3) is 2.01. The molecule has 1 N–H and O–H groups in total. The molecule has 1 aliphatic heterocycles. The minimum absolute atomic E-state index is 0.0283. The molecule has 15 heavy (non-hydrogen) atoms. The molecule has 4 nitrogen and oxygen atoms in total. The highest BCUT2D eigenvalue weighted by Crippen LogP contribution is 2.32. The smallest absolute Gasteiger partial charge is 0.308 e. The van der Waals surface area contributed by atoms with Crippen LogP contribution in [0.3, 0.4) is 0 Å². The Morgan fingerprint density at radius 3 is 3.00 bits per heavy atom. The molecule has 1 aromatic rings. The lowest BCUT2D eigenvalue weighted by atomic mass is 10.0. The molecule has 2 heterocycles. The fourth-order valence-corrected chi connectivity index (χ4v) is 3.28. The number of anilines is 1. The molecule has 2 unspecified atom stereocenters. The molecule has 0 aliphatic carbocycles. The molecule has 0 saturated carbocycles. The normalized spacial score (nSPS) is 25.9. The second kappa shape index (κ2) is 4.09. The first-order valence-corrected chi connectivity index (χ1v) is 6.37. The maximum Gasteiger partial charge on any atom is 0.308 e. The van der Waals surface area contributed by atoms with E-state index in [-0.39, 0.29) is 12.0 Å². The van der Waals surface area contributed by atoms with E-state index in [4.69, 9.17) is 5.11 Å². The molecule has 0 bridgehead atoms. The summed E-state index contributed by atoms with van der Waals surface area (Å²) in [5.41, 5.74) is 0. The van der Waals surface area contributed by atoms with Crippen LogP contribution in [0.1, 0.15) is 13.3 Å². The molecule has 0 radical (unpaired) electrons. The number of hydrogen-bond acceptors (Lipinski definition) is 4. The first kappa shape index (κ1) is 10.9. The number of halogens is 1. The van der Waals surface area contributed by atoms with Crippen molar-refractivity contribution < 1.29 is 9.90 Å². The van der Waals surface area contributed by atoms with Gasteiger partial charge in [0.2, 0.25) is 0 Å². The van der Waals surface area contributed by atoms with E-state index < -0.39 is 5.97 Å². The van der Waals surface area contributed by atoms with Crippen LogP contribution >= 0.6 is 27.3 Å². The Hall–Kier alpha value is -0.620. The van der Waals surface area contributed by atoms with Crippen molar-refractivity contribution >= 4 is 38.4 Å². The number of hydrogen-bond donors (Lipinski definition) is 1. The molecule has 82 valence electrons. The number of carboxylic acid groups (broad SMARTS) is 1. The number of carboxylic acids is 1. The topological polar surface area (TPSA) is 53.4 Å². The third-order valence-electron chi connectivity index (χ3n) is 2.78. The van der Waals surface area contributed by atoms with E-state index in [2.05, 4.69) is 25.8 Å². The summed E-state index contributed by atoms with van der Waals surface area (Å²) in [6.07, 6.45) is 0.702. The number of thiazole rings is 1. The molecule has 1 fully saturated rings. The molecule has 0 aromatic carbocycles. The van der Waals surface area contributed by atoms with Crippen LogP contribution < -0.4 is 4.90 Å². The summed E-state index contributed by atoms with van der Waals surface area (Å²) in [5.74, 6) is -0.978. The summed E-state index contributed by atoms with van der Waals surface area (Å²) in [6.45, 7) is 2.72. The largest absolute Gasteiger partial charge is 0.481 e. The molecule has 0 spiro atoms. The van der Waals surface area contributed by atoms with Crippen molar-refractivity contribution in [3.63, 3.8) is 0 Å². The molecule has 6 heteroatoms. The van der Waals surface area contributed by atoms with Crippen LogP contribution in [0, 0.1) is 5.92 Å². The van der Waals surface area contributed by atoms with Gasteiger partial charge in [-0.1, -0.05) is 0 Å². The lowest BCUT2D eigenvalue weighted by molar-refractivity contribution is -0.141. The average Bonchev–Trinajstić information content (AvgIpc) is 2.71. The zero-order valence-corrected chi connectivity index (χ0v) is 10.6. The Morgan fingerprint density at radius 1 is 1.80 bits per heavy atom. The third-order valence-corrected chi connectivity index (χ3v) is 4.37. The highest BCUT2D eigenvalue weighted by atomic mass is 79.9. The van der Waals surface area contributed by atoms with Gasteiger partial charge < -0.3 is 10.0 Å². The summed E-state index contributed by atoms with van der Waals surface area (Å²) in [7, 11) is 0. The Bertz CT molecular complexity index is 382. The number of carbonyl (C=O) groups is 1. The lowest BCUT2D eigenvalue weighted by Crippen LogP contribution is -2.32. The molecule has 0 amide bonds. The SMILES string of the molecule is CC1C(C(=O)O)CCN1c1nc(Br)cs1. The highest BCUT2D eigenvalue weighted by molar-refractivity contribution is 9.10. The van der Waals surface area contributed by atoms with Crippen molar-refractivity contribution in [1.29, 1.82) is 0 Å². The maximum atomic E-state index is 10.9. The number of aliphatic carboxylic acids is 1. The predicted octanol–water partition coefficient (Wildman–Crippen LogP) is 2.21. The van der Waals surface area contributed by atoms with Crippen LogP contribution in [-0.2, 0) is 4.79 Å². The van der Waals surface area contributed by atoms with Crippen molar-refractivity contribution in [2.45, 2.75) is 19.4 Å². The van der Waals surface area contributed by atoms with Gasteiger partial charge in [0.1, 0.15) is 4.60 Å². The first-order chi connectivity index (χ1) is 7.09. The van der Waals surface area contributed by atoms with Gasteiger partial charge in [-0.15, -0.1) is 11.3 Å². The van der Waals surface area contributed by atoms with Crippen molar-refractivity contribution in [2.24, 2.45) is 5.92 Å². The van der Waals surface area contributed by atoms with Gasteiger partial charge in [0.25, 0.3) is 0 Å². The lowest BCUT2D eigenvalue weighted by Gasteiger charge is -2.22. The summed E-state index contributed by atoms with van der Waals surface area (Å²) in [6, 6.07) is 0.0283. The van der Waals surface area contributed by atoms with Gasteiger partial charge in [-0.3, -0.25) is 4.79 Å². The summed E-state index contributed by atoms with van der Waals surface area (Å²) < 4.78 is 0.813. The molecule has 1 aliphatic rings. The van der Waals surface area contributed by atoms with Crippen LogP contribution in [0.4, 0.5) is 5.13 Å². The van der Waals surface area contributed by atoms with Gasteiger partial charge in [-0.05, 0) is 29.3 Å². The second-order valence-corrected chi connectivity index (χ2v) is 5.27. The van der Waals surface area contributed by atoms with Crippen LogP contribution in [-0.4, -0.2) is 28.6 Å². The number of rotatable bonds is 2. The van der Waals surface area contributed by atoms with Crippen LogP contribution in [0.15, 0.2) is 9.98 Å². The van der Waals surface area contributed by atoms with E-state index in [0.717, 1.165) is 16.3 Å². The summed E-state index contributed by atoms with van der Waals surface area (Å²) in [5, 5.41) is 11.8. The van der Waals surface area contributed by atoms with E-state index >= 15 is 0 Å². The van der Waals surface area contributed by atoms with E-state index in [0.29, 0.717) is 6.42 Å². The first-order valence-electron chi connectivity index (χ1n) is 4.70. The van der Waals surface area contributed by atoms with E-state index in [9.17, 15) is 4.79 Å². The second-order valence-electron chi connectivity index (χ2n) is 3.62. The Morgan fingerprint density at radius 2 is 2.53 bits per heavy atom. The zero-order chi connectivity index (χ0) is 11.0. The van der Waals surface area contributed by atoms with Gasteiger partial charge in [-0.2, -0.15) is 0 Å². The minimum Gasteiger partial charge on any atom is -0.481 e. The molecular formula is C9H11BrN2O2S. The predicted molar refractivity (Wildman–Crippen MR) is 62.4 cm³/mol. The number of aromatic nitrogens is 1.